The third-order valence-electron chi connectivity index (χ3n) is 3.37. The first-order valence-corrected chi connectivity index (χ1v) is 6.22. The summed E-state index contributed by atoms with van der Waals surface area (Å²) >= 11 is 0. The normalized spacial score (nSPS) is 12.5. The first-order valence-electron chi connectivity index (χ1n) is 6.22. The number of nitrogens with one attached hydrogen (secondary N) is 1. The first-order chi connectivity index (χ1) is 9.02. The lowest BCUT2D eigenvalue weighted by Gasteiger charge is -2.20. The fraction of sp³-hybridized carbons (Fsp3) is 0.250. The second-order valence-electron chi connectivity index (χ2n) is 4.73. The number of hydrogen-bond donors (Lipinski definition) is 1. The molecule has 2 aromatic rings. The van der Waals surface area contributed by atoms with E-state index < -0.39 is 0 Å². The molecule has 1 atom stereocenters. The van der Waals surface area contributed by atoms with Crippen molar-refractivity contribution in [2.75, 3.05) is 7.05 Å². The summed E-state index contributed by atoms with van der Waals surface area (Å²) in [5, 5.41) is 3.12. The van der Waals surface area contributed by atoms with Crippen LogP contribution in [0.2, 0.25) is 0 Å². The molecule has 0 aromatic heterocycles. The van der Waals surface area contributed by atoms with Gasteiger partial charge in [0.15, 0.2) is 0 Å². The summed E-state index contributed by atoms with van der Waals surface area (Å²) in [6.07, 6.45) is 0. The van der Waals surface area contributed by atoms with Gasteiger partial charge in [0.2, 0.25) is 0 Å². The largest absolute Gasteiger partial charge is 0.309 e. The van der Waals surface area contributed by atoms with Crippen molar-refractivity contribution in [2.24, 2.45) is 0 Å². The van der Waals surface area contributed by atoms with Crippen LogP contribution in [0.15, 0.2) is 36.4 Å². The molecule has 1 nitrogen and oxygen atoms in total. The number of hydrogen-bond acceptors (Lipinski definition) is 1. The Hall–Kier alpha value is -1.74. The molecule has 0 saturated heterocycles. The predicted octanol–water partition coefficient (Wildman–Crippen LogP) is 3.89. The lowest BCUT2D eigenvalue weighted by molar-refractivity contribution is 0.602. The first kappa shape index (κ1) is 13.7. The highest BCUT2D eigenvalue weighted by molar-refractivity contribution is 5.38. The van der Waals surface area contributed by atoms with E-state index in [4.69, 9.17) is 0 Å². The molecule has 0 bridgehead atoms. The molecule has 3 heteroatoms. The van der Waals surface area contributed by atoms with E-state index in [1.54, 1.807) is 26.1 Å². The monoisotopic (exact) mass is 261 g/mol. The Balaban J connectivity index is 2.49. The highest BCUT2D eigenvalue weighted by atomic mass is 19.1. The number of rotatable bonds is 3. The summed E-state index contributed by atoms with van der Waals surface area (Å²) in [4.78, 5) is 0. The fourth-order valence-corrected chi connectivity index (χ4v) is 2.21. The van der Waals surface area contributed by atoms with Gasteiger partial charge in [-0.15, -0.1) is 0 Å². The quantitative estimate of drug-likeness (QED) is 0.883. The van der Waals surface area contributed by atoms with Crippen molar-refractivity contribution in [1.29, 1.82) is 0 Å². The Labute approximate surface area is 112 Å². The average molecular weight is 261 g/mol. The maximum absolute atomic E-state index is 13.7. The van der Waals surface area contributed by atoms with Crippen molar-refractivity contribution in [3.63, 3.8) is 0 Å². The topological polar surface area (TPSA) is 12.0 Å². The fourth-order valence-electron chi connectivity index (χ4n) is 2.21. The van der Waals surface area contributed by atoms with Gasteiger partial charge < -0.3 is 5.32 Å². The molecule has 1 N–H and O–H groups in total. The molecular formula is C16H17F2N. The lowest BCUT2D eigenvalue weighted by Crippen LogP contribution is -2.19. The Morgan fingerprint density at radius 1 is 0.947 bits per heavy atom. The van der Waals surface area contributed by atoms with Gasteiger partial charge in [0.25, 0.3) is 0 Å². The summed E-state index contributed by atoms with van der Waals surface area (Å²) in [6, 6.07) is 9.55. The van der Waals surface area contributed by atoms with Crippen molar-refractivity contribution in [2.45, 2.75) is 19.9 Å². The van der Waals surface area contributed by atoms with E-state index in [1.807, 2.05) is 13.0 Å². The minimum atomic E-state index is -0.284. The van der Waals surface area contributed by atoms with Crippen molar-refractivity contribution in [3.05, 3.63) is 70.3 Å². The zero-order valence-corrected chi connectivity index (χ0v) is 11.3. The van der Waals surface area contributed by atoms with Crippen LogP contribution < -0.4 is 5.32 Å². The van der Waals surface area contributed by atoms with Crippen LogP contribution in [0.3, 0.4) is 0 Å². The molecule has 0 fully saturated rings. The summed E-state index contributed by atoms with van der Waals surface area (Å²) in [5.74, 6) is -0.528. The van der Waals surface area contributed by atoms with Crippen LogP contribution in [0.1, 0.15) is 28.3 Å². The molecule has 0 aliphatic carbocycles. The Morgan fingerprint density at radius 2 is 1.63 bits per heavy atom. The van der Waals surface area contributed by atoms with Crippen LogP contribution in [-0.2, 0) is 0 Å². The smallest absolute Gasteiger partial charge is 0.126 e. The van der Waals surface area contributed by atoms with Crippen molar-refractivity contribution in [1.82, 2.24) is 5.32 Å². The van der Waals surface area contributed by atoms with Crippen LogP contribution in [0.25, 0.3) is 0 Å². The lowest BCUT2D eigenvalue weighted by atomic mass is 9.94. The second-order valence-corrected chi connectivity index (χ2v) is 4.73. The van der Waals surface area contributed by atoms with Crippen molar-refractivity contribution in [3.8, 4) is 0 Å². The van der Waals surface area contributed by atoms with E-state index in [0.29, 0.717) is 5.56 Å². The van der Waals surface area contributed by atoms with Gasteiger partial charge in [-0.1, -0.05) is 18.2 Å². The molecule has 0 radical (unpaired) electrons. The minimum Gasteiger partial charge on any atom is -0.309 e. The highest BCUT2D eigenvalue weighted by Gasteiger charge is 2.16. The van der Waals surface area contributed by atoms with Crippen molar-refractivity contribution < 1.29 is 8.78 Å². The summed E-state index contributed by atoms with van der Waals surface area (Å²) < 4.78 is 27.1. The Morgan fingerprint density at radius 3 is 2.26 bits per heavy atom. The third kappa shape index (κ3) is 2.82. The number of halogens is 2. The molecule has 1 unspecified atom stereocenters. The minimum absolute atomic E-state index is 0.217. The standard InChI is InChI=1S/C16H17F2N/c1-10-5-7-13(17)9-14(10)16(19-3)12-6-4-11(2)15(18)8-12/h4-9,16,19H,1-3H3. The molecule has 0 amide bonds. The van der Waals surface area contributed by atoms with Crippen LogP contribution in [0.5, 0.6) is 0 Å². The molecular weight excluding hydrogens is 244 g/mol. The summed E-state index contributed by atoms with van der Waals surface area (Å²) in [5.41, 5.74) is 3.20. The molecule has 2 aromatic carbocycles. The predicted molar refractivity (Wildman–Crippen MR) is 73.2 cm³/mol. The van der Waals surface area contributed by atoms with Gasteiger partial charge in [0, 0.05) is 0 Å². The van der Waals surface area contributed by atoms with E-state index >= 15 is 0 Å². The van der Waals surface area contributed by atoms with Gasteiger partial charge in [-0.25, -0.2) is 8.78 Å². The molecule has 100 valence electrons. The molecule has 19 heavy (non-hydrogen) atoms. The molecule has 0 heterocycles. The Kier molecular flexibility index (Phi) is 3.96. The van der Waals surface area contributed by atoms with Gasteiger partial charge in [-0.2, -0.15) is 0 Å². The highest BCUT2D eigenvalue weighted by Crippen LogP contribution is 2.26. The van der Waals surface area contributed by atoms with Crippen LogP contribution in [0, 0.1) is 25.5 Å². The summed E-state index contributed by atoms with van der Waals surface area (Å²) in [7, 11) is 1.78. The van der Waals surface area contributed by atoms with Crippen LogP contribution >= 0.6 is 0 Å². The number of benzene rings is 2. The molecule has 2 rings (SSSR count). The van der Waals surface area contributed by atoms with E-state index in [-0.39, 0.29) is 17.7 Å². The van der Waals surface area contributed by atoms with Gasteiger partial charge in [-0.05, 0) is 61.3 Å². The van der Waals surface area contributed by atoms with Gasteiger partial charge in [-0.3, -0.25) is 0 Å². The maximum Gasteiger partial charge on any atom is 0.126 e. The third-order valence-corrected chi connectivity index (χ3v) is 3.37. The number of aryl methyl sites for hydroxylation is 2. The molecule has 0 aliphatic heterocycles. The van der Waals surface area contributed by atoms with Crippen LogP contribution in [0.4, 0.5) is 8.78 Å². The maximum atomic E-state index is 13.7. The van der Waals surface area contributed by atoms with Crippen molar-refractivity contribution >= 4 is 0 Å². The molecule has 0 spiro atoms. The molecule has 0 aliphatic rings. The van der Waals surface area contributed by atoms with Gasteiger partial charge in [0.05, 0.1) is 6.04 Å². The SMILES string of the molecule is CNC(c1ccc(C)c(F)c1)c1cc(F)ccc1C. The molecule has 0 saturated carbocycles. The van der Waals surface area contributed by atoms with E-state index in [9.17, 15) is 8.78 Å². The van der Waals surface area contributed by atoms with Gasteiger partial charge in [0.1, 0.15) is 11.6 Å². The zero-order chi connectivity index (χ0) is 14.0. The van der Waals surface area contributed by atoms with E-state index in [1.165, 1.54) is 18.2 Å². The van der Waals surface area contributed by atoms with E-state index in [0.717, 1.165) is 16.7 Å². The Bertz CT molecular complexity index is 593. The van der Waals surface area contributed by atoms with E-state index in [2.05, 4.69) is 5.32 Å². The van der Waals surface area contributed by atoms with Gasteiger partial charge >= 0.3 is 0 Å². The summed E-state index contributed by atoms with van der Waals surface area (Å²) in [6.45, 7) is 3.64. The zero-order valence-electron chi connectivity index (χ0n) is 11.3. The second kappa shape index (κ2) is 5.49. The van der Waals surface area contributed by atoms with Crippen LogP contribution in [-0.4, -0.2) is 7.05 Å². The average Bonchev–Trinajstić information content (AvgIpc) is 2.38.